The third-order valence-corrected chi connectivity index (χ3v) is 5.79. The van der Waals surface area contributed by atoms with Crippen molar-refractivity contribution in [3.63, 3.8) is 0 Å². The first-order valence-electron chi connectivity index (χ1n) is 9.01. The molecule has 0 aromatic heterocycles. The molecule has 0 saturated heterocycles. The first-order valence-corrected chi connectivity index (χ1v) is 9.01. The van der Waals surface area contributed by atoms with Gasteiger partial charge < -0.3 is 0 Å². The van der Waals surface area contributed by atoms with Gasteiger partial charge in [0.05, 0.1) is 0 Å². The van der Waals surface area contributed by atoms with Crippen LogP contribution in [0.4, 0.5) is 0 Å². The summed E-state index contributed by atoms with van der Waals surface area (Å²) in [5, 5.41) is 0. The van der Waals surface area contributed by atoms with Crippen LogP contribution in [-0.4, -0.2) is 5.78 Å². The van der Waals surface area contributed by atoms with Crippen LogP contribution in [-0.2, 0) is 4.79 Å². The molecule has 0 atom stereocenters. The summed E-state index contributed by atoms with van der Waals surface area (Å²) in [7, 11) is 0. The van der Waals surface area contributed by atoms with Gasteiger partial charge in [-0.15, -0.1) is 0 Å². The van der Waals surface area contributed by atoms with Gasteiger partial charge >= 0.3 is 0 Å². The number of ketones is 1. The van der Waals surface area contributed by atoms with Crippen molar-refractivity contribution in [1.29, 1.82) is 0 Å². The van der Waals surface area contributed by atoms with Crippen molar-refractivity contribution >= 4 is 11.9 Å². The number of benzene rings is 1. The van der Waals surface area contributed by atoms with Gasteiger partial charge in [-0.2, -0.15) is 0 Å². The maximum Gasteiger partial charge on any atom is 0.161 e. The Morgan fingerprint density at radius 2 is 1.45 bits per heavy atom. The van der Waals surface area contributed by atoms with Crippen molar-refractivity contribution in [3.8, 4) is 0 Å². The topological polar surface area (TPSA) is 17.1 Å². The van der Waals surface area contributed by atoms with Gasteiger partial charge in [0.25, 0.3) is 0 Å². The predicted octanol–water partition coefficient (Wildman–Crippen LogP) is 5.51. The zero-order valence-corrected chi connectivity index (χ0v) is 13.9. The molecule has 0 N–H and O–H groups in total. The smallest absolute Gasteiger partial charge is 0.161 e. The zero-order chi connectivity index (χ0) is 15.6. The normalized spacial score (nSPS) is 35.3. The van der Waals surface area contributed by atoms with Gasteiger partial charge in [-0.3, -0.25) is 4.79 Å². The molecule has 4 aliphatic rings. The lowest BCUT2D eigenvalue weighted by atomic mass is 9.48. The average molecular weight is 296 g/mol. The number of allylic oxidation sites excluding steroid dienone is 1. The van der Waals surface area contributed by atoms with Crippen LogP contribution in [0.1, 0.15) is 57.9 Å². The Bertz CT molecular complexity index is 505. The number of rotatable bonds is 3. The van der Waals surface area contributed by atoms with Crippen LogP contribution in [0, 0.1) is 23.2 Å². The Labute approximate surface area is 134 Å². The lowest BCUT2D eigenvalue weighted by molar-refractivity contribution is -0.138. The average Bonchev–Trinajstić information content (AvgIpc) is 2.54. The van der Waals surface area contributed by atoms with E-state index in [0.29, 0.717) is 5.78 Å². The van der Waals surface area contributed by atoms with E-state index in [1.54, 1.807) is 0 Å². The lowest BCUT2D eigenvalue weighted by Gasteiger charge is -2.55. The van der Waals surface area contributed by atoms with E-state index in [4.69, 9.17) is 0 Å². The third kappa shape index (κ3) is 2.91. The molecule has 0 amide bonds. The molecule has 0 spiro atoms. The molecule has 4 aliphatic carbocycles. The van der Waals surface area contributed by atoms with Gasteiger partial charge in [-0.25, -0.2) is 0 Å². The first-order chi connectivity index (χ1) is 10.7. The van der Waals surface area contributed by atoms with Crippen LogP contribution in [0.2, 0.25) is 0 Å². The Balaban J connectivity index is 0.000000693. The summed E-state index contributed by atoms with van der Waals surface area (Å²) in [6, 6.07) is 10.2. The molecule has 5 rings (SSSR count). The van der Waals surface area contributed by atoms with E-state index >= 15 is 0 Å². The Kier molecular flexibility index (Phi) is 4.52. The van der Waals surface area contributed by atoms with Crippen molar-refractivity contribution in [1.82, 2.24) is 0 Å². The first kappa shape index (κ1) is 15.5. The van der Waals surface area contributed by atoms with E-state index in [1.165, 1.54) is 19.3 Å². The summed E-state index contributed by atoms with van der Waals surface area (Å²) < 4.78 is 0. The molecule has 0 heterocycles. The van der Waals surface area contributed by atoms with Gasteiger partial charge in [-0.05, 0) is 67.9 Å². The molecule has 0 aliphatic heterocycles. The van der Waals surface area contributed by atoms with Crippen LogP contribution in [0.3, 0.4) is 0 Å². The summed E-state index contributed by atoms with van der Waals surface area (Å²) in [4.78, 5) is 12.8. The summed E-state index contributed by atoms with van der Waals surface area (Å²) in [6.45, 7) is 4.00. The van der Waals surface area contributed by atoms with Crippen LogP contribution >= 0.6 is 0 Å². The quantitative estimate of drug-likeness (QED) is 0.672. The Morgan fingerprint density at radius 1 is 0.955 bits per heavy atom. The summed E-state index contributed by atoms with van der Waals surface area (Å²) >= 11 is 0. The second-order valence-electron chi connectivity index (χ2n) is 7.31. The van der Waals surface area contributed by atoms with Crippen LogP contribution in [0.5, 0.6) is 0 Å². The van der Waals surface area contributed by atoms with E-state index in [9.17, 15) is 4.79 Å². The molecule has 4 fully saturated rings. The number of hydrogen-bond donors (Lipinski definition) is 0. The Hall–Kier alpha value is -1.37. The standard InChI is InChI=1S/C19H22O.C2H6/c20-18(7-6-14-4-2-1-3-5-14)19-11-15-8-16(12-19)10-17(9-15)13-19;1-2/h1-7,15-17H,8-13H2;1-2H3/b7-6+;. The largest absolute Gasteiger partial charge is 0.294 e. The highest BCUT2D eigenvalue weighted by molar-refractivity contribution is 5.98. The molecule has 118 valence electrons. The molecule has 4 saturated carbocycles. The molecule has 22 heavy (non-hydrogen) atoms. The fraction of sp³-hybridized carbons (Fsp3) is 0.571. The maximum atomic E-state index is 12.8. The van der Waals surface area contributed by atoms with Gasteiger partial charge in [-0.1, -0.05) is 50.3 Å². The SMILES string of the molecule is CC.O=C(/C=C/c1ccccc1)C12CC3CC(CC(C3)C1)C2. The summed E-state index contributed by atoms with van der Waals surface area (Å²) in [5.74, 6) is 2.93. The molecule has 1 aromatic rings. The minimum Gasteiger partial charge on any atom is -0.294 e. The molecule has 1 heteroatoms. The molecule has 0 radical (unpaired) electrons. The highest BCUT2D eigenvalue weighted by Crippen LogP contribution is 2.60. The molecular formula is C21H28O. The highest BCUT2D eigenvalue weighted by Gasteiger charge is 2.53. The molecule has 0 unspecified atom stereocenters. The van der Waals surface area contributed by atoms with Crippen LogP contribution in [0.15, 0.2) is 36.4 Å². The van der Waals surface area contributed by atoms with Gasteiger partial charge in [0.1, 0.15) is 0 Å². The summed E-state index contributed by atoms with van der Waals surface area (Å²) in [5.41, 5.74) is 1.14. The van der Waals surface area contributed by atoms with E-state index < -0.39 is 0 Å². The second-order valence-corrected chi connectivity index (χ2v) is 7.31. The molecule has 1 aromatic carbocycles. The summed E-state index contributed by atoms with van der Waals surface area (Å²) in [6.07, 6.45) is 11.5. The second kappa shape index (κ2) is 6.40. The zero-order valence-electron chi connectivity index (χ0n) is 13.9. The monoisotopic (exact) mass is 296 g/mol. The third-order valence-electron chi connectivity index (χ3n) is 5.79. The van der Waals surface area contributed by atoms with E-state index in [-0.39, 0.29) is 5.41 Å². The van der Waals surface area contributed by atoms with Crippen molar-refractivity contribution in [2.45, 2.75) is 52.4 Å². The van der Waals surface area contributed by atoms with E-state index in [2.05, 4.69) is 12.1 Å². The molecular weight excluding hydrogens is 268 g/mol. The fourth-order valence-corrected chi connectivity index (χ4v) is 5.33. The van der Waals surface area contributed by atoms with E-state index in [0.717, 1.165) is 42.6 Å². The van der Waals surface area contributed by atoms with Gasteiger partial charge in [0, 0.05) is 5.41 Å². The maximum absolute atomic E-state index is 12.8. The van der Waals surface area contributed by atoms with Crippen molar-refractivity contribution < 1.29 is 4.79 Å². The minimum absolute atomic E-state index is 0.0139. The number of carbonyl (C=O) groups excluding carboxylic acids is 1. The molecule has 4 bridgehead atoms. The van der Waals surface area contributed by atoms with Gasteiger partial charge in [0.2, 0.25) is 0 Å². The van der Waals surface area contributed by atoms with Gasteiger partial charge in [0.15, 0.2) is 5.78 Å². The highest BCUT2D eigenvalue weighted by atomic mass is 16.1. The van der Waals surface area contributed by atoms with Crippen LogP contribution in [0.25, 0.3) is 6.08 Å². The van der Waals surface area contributed by atoms with E-state index in [1.807, 2.05) is 44.2 Å². The number of carbonyl (C=O) groups is 1. The Morgan fingerprint density at radius 3 is 1.95 bits per heavy atom. The minimum atomic E-state index is 0.0139. The van der Waals surface area contributed by atoms with Crippen molar-refractivity contribution in [2.75, 3.05) is 0 Å². The number of hydrogen-bond acceptors (Lipinski definition) is 1. The van der Waals surface area contributed by atoms with Crippen molar-refractivity contribution in [2.24, 2.45) is 23.2 Å². The molecule has 1 nitrogen and oxygen atoms in total. The van der Waals surface area contributed by atoms with Crippen LogP contribution < -0.4 is 0 Å². The lowest BCUT2D eigenvalue weighted by Crippen LogP contribution is -2.49. The van der Waals surface area contributed by atoms with Crippen molar-refractivity contribution in [3.05, 3.63) is 42.0 Å². The predicted molar refractivity (Wildman–Crippen MR) is 92.4 cm³/mol. The fourth-order valence-electron chi connectivity index (χ4n) is 5.33.